The van der Waals surface area contributed by atoms with E-state index in [-0.39, 0.29) is 4.75 Å². The molecule has 0 aromatic heterocycles. The lowest BCUT2D eigenvalue weighted by Gasteiger charge is -2.27. The van der Waals surface area contributed by atoms with Crippen LogP contribution in [-0.2, 0) is 0 Å². The van der Waals surface area contributed by atoms with Gasteiger partial charge in [-0.05, 0) is 5.75 Å². The molecule has 0 aromatic rings. The molecule has 0 unspecified atom stereocenters. The van der Waals surface area contributed by atoms with Crippen molar-refractivity contribution in [3.63, 3.8) is 0 Å². The molecule has 5 heteroatoms. The monoisotopic (exact) mass is 246 g/mol. The Morgan fingerprint density at radius 3 is 1.64 bits per heavy atom. The molecule has 0 aromatic carbocycles. The van der Waals surface area contributed by atoms with Crippen LogP contribution in [0, 0.1) is 0 Å². The van der Waals surface area contributed by atoms with Crippen molar-refractivity contribution in [2.45, 2.75) is 4.75 Å². The lowest BCUT2D eigenvalue weighted by molar-refractivity contribution is 0.853. The molecule has 68 valence electrons. The van der Waals surface area contributed by atoms with Crippen LogP contribution in [-0.4, -0.2) is 33.5 Å². The fourth-order valence-corrected chi connectivity index (χ4v) is 3.64. The van der Waals surface area contributed by atoms with Crippen LogP contribution in [0.1, 0.15) is 0 Å². The van der Waals surface area contributed by atoms with Gasteiger partial charge in [0, 0.05) is 27.8 Å². The van der Waals surface area contributed by atoms with Crippen molar-refractivity contribution >= 4 is 62.3 Å². The largest absolute Gasteiger partial charge is 0.179 e. The summed E-state index contributed by atoms with van der Waals surface area (Å²) in [6.45, 7) is 0. The van der Waals surface area contributed by atoms with Crippen LogP contribution in [0.15, 0.2) is 0 Å². The molecule has 0 atom stereocenters. The van der Waals surface area contributed by atoms with Gasteiger partial charge in [0.15, 0.2) is 0 Å². The number of hydrogen-bond donors (Lipinski definition) is 4. The Balaban J connectivity index is 3.84. The van der Waals surface area contributed by atoms with Gasteiger partial charge in [0.2, 0.25) is 0 Å². The summed E-state index contributed by atoms with van der Waals surface area (Å²) in [6.07, 6.45) is 0. The maximum absolute atomic E-state index is 4.29. The summed E-state index contributed by atoms with van der Waals surface area (Å²) < 4.78 is 0.137. The Kier molecular flexibility index (Phi) is 8.32. The number of rotatable bonds is 6. The molecule has 0 rings (SSSR count). The van der Waals surface area contributed by atoms with Gasteiger partial charge in [0.05, 0.1) is 0 Å². The second kappa shape index (κ2) is 7.18. The second-order valence-electron chi connectivity index (χ2n) is 2.23. The zero-order valence-corrected chi connectivity index (χ0v) is 10.6. The van der Waals surface area contributed by atoms with Crippen molar-refractivity contribution in [2.24, 2.45) is 0 Å². The van der Waals surface area contributed by atoms with Gasteiger partial charge in [0.1, 0.15) is 0 Å². The van der Waals surface area contributed by atoms with E-state index in [1.807, 2.05) is 11.8 Å². The van der Waals surface area contributed by atoms with Gasteiger partial charge in [-0.2, -0.15) is 62.3 Å². The summed E-state index contributed by atoms with van der Waals surface area (Å²) in [7, 11) is 0. The van der Waals surface area contributed by atoms with E-state index in [9.17, 15) is 0 Å². The van der Waals surface area contributed by atoms with Gasteiger partial charge in [0.25, 0.3) is 0 Å². The summed E-state index contributed by atoms with van der Waals surface area (Å²) in [5.41, 5.74) is 0. The SMILES string of the molecule is SCCSC(CS)(CS)CS. The molecule has 0 aliphatic carbocycles. The van der Waals surface area contributed by atoms with Gasteiger partial charge in [-0.1, -0.05) is 0 Å². The van der Waals surface area contributed by atoms with Gasteiger partial charge in [-0.15, -0.1) is 0 Å². The third-order valence-electron chi connectivity index (χ3n) is 1.36. The minimum atomic E-state index is 0.137. The summed E-state index contributed by atoms with van der Waals surface area (Å²) in [6, 6.07) is 0. The van der Waals surface area contributed by atoms with Gasteiger partial charge in [-0.25, -0.2) is 0 Å². The molecule has 0 bridgehead atoms. The van der Waals surface area contributed by atoms with E-state index in [0.717, 1.165) is 28.8 Å². The fourth-order valence-electron chi connectivity index (χ4n) is 0.549. The second-order valence-corrected chi connectivity index (χ2v) is 5.19. The highest BCUT2D eigenvalue weighted by Gasteiger charge is 2.25. The summed E-state index contributed by atoms with van der Waals surface area (Å²) in [5.74, 6) is 4.45. The van der Waals surface area contributed by atoms with Crippen LogP contribution in [0.3, 0.4) is 0 Å². The maximum atomic E-state index is 4.29. The highest BCUT2D eigenvalue weighted by Crippen LogP contribution is 2.29. The van der Waals surface area contributed by atoms with Crippen molar-refractivity contribution in [2.75, 3.05) is 28.8 Å². The fraction of sp³-hybridized carbons (Fsp3) is 1.00. The number of thioether (sulfide) groups is 1. The van der Waals surface area contributed by atoms with Crippen LogP contribution in [0.4, 0.5) is 0 Å². The molecule has 0 fully saturated rings. The first kappa shape index (κ1) is 12.8. The van der Waals surface area contributed by atoms with Crippen LogP contribution < -0.4 is 0 Å². The van der Waals surface area contributed by atoms with E-state index in [4.69, 9.17) is 0 Å². The van der Waals surface area contributed by atoms with Crippen molar-refractivity contribution < 1.29 is 0 Å². The van der Waals surface area contributed by atoms with Crippen LogP contribution in [0.5, 0.6) is 0 Å². The minimum Gasteiger partial charge on any atom is -0.179 e. The van der Waals surface area contributed by atoms with Crippen LogP contribution in [0.2, 0.25) is 0 Å². The molecule has 0 radical (unpaired) electrons. The zero-order chi connectivity index (χ0) is 8.74. The van der Waals surface area contributed by atoms with Gasteiger partial charge in [-0.3, -0.25) is 0 Å². The molecular weight excluding hydrogens is 232 g/mol. The average molecular weight is 247 g/mol. The summed E-state index contributed by atoms with van der Waals surface area (Å²) in [4.78, 5) is 0. The molecule has 0 nitrogen and oxygen atoms in total. The normalized spacial score (nSPS) is 12.0. The molecule has 0 saturated heterocycles. The predicted molar refractivity (Wildman–Crippen MR) is 70.6 cm³/mol. The Morgan fingerprint density at radius 1 is 0.909 bits per heavy atom. The Morgan fingerprint density at radius 2 is 1.36 bits per heavy atom. The highest BCUT2D eigenvalue weighted by atomic mass is 32.2. The highest BCUT2D eigenvalue weighted by molar-refractivity contribution is 8.03. The Labute approximate surface area is 95.3 Å². The maximum Gasteiger partial charge on any atom is 0.0423 e. The van der Waals surface area contributed by atoms with E-state index in [0.29, 0.717) is 0 Å². The standard InChI is InChI=1S/C6H14S5/c7-1-2-11-6(3-8,4-9)5-10/h7-10H,1-5H2. The lowest BCUT2D eigenvalue weighted by atomic mass is 10.2. The first-order chi connectivity index (χ1) is 5.24. The minimum absolute atomic E-state index is 0.137. The van der Waals surface area contributed by atoms with Crippen molar-refractivity contribution in [1.82, 2.24) is 0 Å². The van der Waals surface area contributed by atoms with Crippen molar-refractivity contribution in [3.8, 4) is 0 Å². The Bertz CT molecular complexity index is 82.7. The van der Waals surface area contributed by atoms with Gasteiger partial charge < -0.3 is 0 Å². The predicted octanol–water partition coefficient (Wildman–Crippen LogP) is 2.18. The number of thiol groups is 4. The van der Waals surface area contributed by atoms with Crippen molar-refractivity contribution in [3.05, 3.63) is 0 Å². The molecule has 0 saturated carbocycles. The summed E-state index contributed by atoms with van der Waals surface area (Å²) in [5, 5.41) is 0. The first-order valence-electron chi connectivity index (χ1n) is 3.32. The molecule has 0 heterocycles. The number of hydrogen-bond acceptors (Lipinski definition) is 5. The summed E-state index contributed by atoms with van der Waals surface area (Å²) >= 11 is 18.9. The lowest BCUT2D eigenvalue weighted by Crippen LogP contribution is -2.32. The third-order valence-corrected chi connectivity index (χ3v) is 5.80. The first-order valence-corrected chi connectivity index (χ1v) is 6.83. The van der Waals surface area contributed by atoms with E-state index in [1.165, 1.54) is 0 Å². The molecule has 0 spiro atoms. The Hall–Kier alpha value is 1.75. The average Bonchev–Trinajstić information content (AvgIpc) is 2.08. The molecule has 0 aliphatic heterocycles. The van der Waals surface area contributed by atoms with Crippen molar-refractivity contribution in [1.29, 1.82) is 0 Å². The van der Waals surface area contributed by atoms with Gasteiger partial charge >= 0.3 is 0 Å². The molecule has 0 amide bonds. The molecule has 11 heavy (non-hydrogen) atoms. The van der Waals surface area contributed by atoms with Crippen LogP contribution >= 0.6 is 62.3 Å². The molecule has 0 aliphatic rings. The molecule has 0 N–H and O–H groups in total. The topological polar surface area (TPSA) is 0 Å². The van der Waals surface area contributed by atoms with E-state index in [2.05, 4.69) is 50.5 Å². The zero-order valence-electron chi connectivity index (χ0n) is 6.23. The van der Waals surface area contributed by atoms with Crippen LogP contribution in [0.25, 0.3) is 0 Å². The van der Waals surface area contributed by atoms with E-state index < -0.39 is 0 Å². The van der Waals surface area contributed by atoms with E-state index in [1.54, 1.807) is 0 Å². The quantitative estimate of drug-likeness (QED) is 0.521. The molecular formula is C6H14S5. The smallest absolute Gasteiger partial charge is 0.0423 e. The third kappa shape index (κ3) is 4.50. The van der Waals surface area contributed by atoms with E-state index >= 15 is 0 Å².